The molecule has 0 unspecified atom stereocenters. The van der Waals surface area contributed by atoms with Crippen LogP contribution < -0.4 is 15.0 Å². The predicted molar refractivity (Wildman–Crippen MR) is 165 cm³/mol. The number of fused-ring (bicyclic) bond motifs is 8. The molecule has 5 heterocycles. The number of hydrogen-bond donors (Lipinski definition) is 1. The Bertz CT molecular complexity index is 1370. The van der Waals surface area contributed by atoms with Crippen molar-refractivity contribution in [2.24, 2.45) is 5.92 Å². The molecule has 8 nitrogen and oxygen atoms in total. The number of carbonyl (C=O) groups is 1. The quantitative estimate of drug-likeness (QED) is 0.479. The fourth-order valence-corrected chi connectivity index (χ4v) is 6.52. The first kappa shape index (κ1) is 28.8. The fraction of sp³-hybridized carbons (Fsp3) is 0.500. The van der Waals surface area contributed by atoms with Crippen LogP contribution in [0, 0.1) is 5.92 Å². The van der Waals surface area contributed by atoms with Gasteiger partial charge in [-0.05, 0) is 86.8 Å². The Hall–Kier alpha value is -3.33. The van der Waals surface area contributed by atoms with Gasteiger partial charge in [0, 0.05) is 67.9 Å². The number of Topliss-reactive ketones (excluding diaryl/α,β-unsaturated/α-hetero) is 1. The normalized spacial score (nSPS) is 22.2. The number of ether oxygens (including phenoxy) is 2. The second-order valence-electron chi connectivity index (χ2n) is 11.8. The van der Waals surface area contributed by atoms with E-state index in [4.69, 9.17) is 14.5 Å². The van der Waals surface area contributed by atoms with Gasteiger partial charge in [0.05, 0.1) is 26.0 Å². The molecule has 0 radical (unpaired) electrons. The first-order chi connectivity index (χ1) is 20.7. The summed E-state index contributed by atoms with van der Waals surface area (Å²) in [6.07, 6.45) is 7.06. The number of carbonyl (C=O) groups excluding carboxylic acids is 1. The molecule has 0 amide bonds. The summed E-state index contributed by atoms with van der Waals surface area (Å²) < 4.78 is 11.3. The van der Waals surface area contributed by atoms with Crippen molar-refractivity contribution in [3.63, 3.8) is 0 Å². The van der Waals surface area contributed by atoms with Gasteiger partial charge in [-0.15, -0.1) is 0 Å². The van der Waals surface area contributed by atoms with Crippen LogP contribution in [0.5, 0.6) is 5.75 Å². The summed E-state index contributed by atoms with van der Waals surface area (Å²) in [5.41, 5.74) is 6.91. The molecule has 8 bridgehead atoms. The molecule has 222 valence electrons. The van der Waals surface area contributed by atoms with Gasteiger partial charge in [0.1, 0.15) is 17.4 Å². The number of benzene rings is 2. The number of nitrogens with zero attached hydrogens (tertiary/aromatic N) is 4. The molecular formula is C34H43N5O3. The van der Waals surface area contributed by atoms with E-state index in [-0.39, 0.29) is 5.92 Å². The average molecular weight is 570 g/mol. The molecule has 7 rings (SSSR count). The number of rotatable bonds is 2. The van der Waals surface area contributed by atoms with Crippen molar-refractivity contribution < 1.29 is 14.3 Å². The summed E-state index contributed by atoms with van der Waals surface area (Å²) >= 11 is 0. The first-order valence-corrected chi connectivity index (χ1v) is 15.6. The third-order valence-corrected chi connectivity index (χ3v) is 8.92. The van der Waals surface area contributed by atoms with Crippen LogP contribution in [0.1, 0.15) is 54.6 Å². The SMILES string of the molecule is COc1ccc2cc1CNCCCCC(=O)C1CCN(CC1)Cc1cc(ccc1N1CCOCC1)Cc1nccc-2n1. The van der Waals surface area contributed by atoms with Crippen molar-refractivity contribution >= 4 is 11.5 Å². The number of aromatic nitrogens is 2. The molecule has 4 aliphatic rings. The maximum absolute atomic E-state index is 13.0. The lowest BCUT2D eigenvalue weighted by Gasteiger charge is -2.34. The zero-order chi connectivity index (χ0) is 28.7. The van der Waals surface area contributed by atoms with Gasteiger partial charge in [-0.1, -0.05) is 12.1 Å². The summed E-state index contributed by atoms with van der Waals surface area (Å²) in [7, 11) is 1.71. The number of piperidine rings is 1. The summed E-state index contributed by atoms with van der Waals surface area (Å²) in [5, 5.41) is 3.55. The predicted octanol–water partition coefficient (Wildman–Crippen LogP) is 4.63. The average Bonchev–Trinajstić information content (AvgIpc) is 3.03. The highest BCUT2D eigenvalue weighted by atomic mass is 16.5. The Morgan fingerprint density at radius 2 is 1.83 bits per heavy atom. The van der Waals surface area contributed by atoms with E-state index in [9.17, 15) is 4.79 Å². The summed E-state index contributed by atoms with van der Waals surface area (Å²) in [6.45, 7) is 7.75. The Morgan fingerprint density at radius 1 is 0.976 bits per heavy atom. The van der Waals surface area contributed by atoms with Crippen LogP contribution in [0.25, 0.3) is 11.3 Å². The topological polar surface area (TPSA) is 79.8 Å². The van der Waals surface area contributed by atoms with E-state index in [1.54, 1.807) is 7.11 Å². The van der Waals surface area contributed by atoms with Crippen LogP contribution in [0.15, 0.2) is 48.7 Å². The fourth-order valence-electron chi connectivity index (χ4n) is 6.52. The van der Waals surface area contributed by atoms with Crippen molar-refractivity contribution in [3.8, 4) is 17.0 Å². The number of morpholine rings is 1. The molecule has 4 aliphatic heterocycles. The molecule has 3 aromatic rings. The van der Waals surface area contributed by atoms with Gasteiger partial charge in [-0.25, -0.2) is 9.97 Å². The molecule has 0 saturated carbocycles. The molecule has 1 aromatic heterocycles. The zero-order valence-electron chi connectivity index (χ0n) is 24.8. The molecule has 2 fully saturated rings. The minimum absolute atomic E-state index is 0.202. The maximum Gasteiger partial charge on any atom is 0.136 e. The smallest absolute Gasteiger partial charge is 0.136 e. The molecule has 1 N–H and O–H groups in total. The zero-order valence-corrected chi connectivity index (χ0v) is 24.8. The van der Waals surface area contributed by atoms with Gasteiger partial charge in [-0.3, -0.25) is 9.69 Å². The van der Waals surface area contributed by atoms with Crippen LogP contribution in [0.3, 0.4) is 0 Å². The Morgan fingerprint density at radius 3 is 2.67 bits per heavy atom. The summed E-state index contributed by atoms with van der Waals surface area (Å²) in [6, 6.07) is 15.1. The first-order valence-electron chi connectivity index (χ1n) is 15.6. The second-order valence-corrected chi connectivity index (χ2v) is 11.8. The molecule has 2 saturated heterocycles. The van der Waals surface area contributed by atoms with Crippen LogP contribution in [-0.2, 0) is 29.0 Å². The maximum atomic E-state index is 13.0. The van der Waals surface area contributed by atoms with E-state index in [1.165, 1.54) is 16.8 Å². The van der Waals surface area contributed by atoms with E-state index in [0.717, 1.165) is 107 Å². The molecule has 0 aliphatic carbocycles. The van der Waals surface area contributed by atoms with Gasteiger partial charge in [0.2, 0.25) is 0 Å². The summed E-state index contributed by atoms with van der Waals surface area (Å²) in [5.74, 6) is 2.33. The number of methoxy groups -OCH3 is 1. The van der Waals surface area contributed by atoms with Crippen molar-refractivity contribution in [2.75, 3.05) is 57.9 Å². The van der Waals surface area contributed by atoms with E-state index >= 15 is 0 Å². The van der Waals surface area contributed by atoms with Gasteiger partial charge in [0.15, 0.2) is 0 Å². The van der Waals surface area contributed by atoms with Crippen LogP contribution in [0.4, 0.5) is 5.69 Å². The lowest BCUT2D eigenvalue weighted by molar-refractivity contribution is -0.124. The Balaban J connectivity index is 1.31. The van der Waals surface area contributed by atoms with Crippen molar-refractivity contribution in [2.45, 2.75) is 51.6 Å². The van der Waals surface area contributed by atoms with Gasteiger partial charge in [-0.2, -0.15) is 0 Å². The van der Waals surface area contributed by atoms with Gasteiger partial charge >= 0.3 is 0 Å². The number of ketones is 1. The molecular weight excluding hydrogens is 526 g/mol. The molecule has 8 heteroatoms. The lowest BCUT2D eigenvalue weighted by atomic mass is 9.89. The highest BCUT2D eigenvalue weighted by molar-refractivity contribution is 5.81. The van der Waals surface area contributed by atoms with Crippen molar-refractivity contribution in [1.82, 2.24) is 20.2 Å². The monoisotopic (exact) mass is 569 g/mol. The highest BCUT2D eigenvalue weighted by Gasteiger charge is 2.26. The van der Waals surface area contributed by atoms with Crippen LogP contribution >= 0.6 is 0 Å². The second kappa shape index (κ2) is 13.8. The summed E-state index contributed by atoms with van der Waals surface area (Å²) in [4.78, 5) is 27.6. The standard InChI is InChI=1S/C34H43N5O3/c1-41-33-8-6-27-22-28(33)23-35-12-3-2-4-32(40)26-10-14-38(15-11-26)24-29-20-25(21-34-36-13-9-30(27)37-34)5-7-31(29)39-16-18-42-19-17-39/h5-9,13,20,22,26,35H,2-4,10-12,14-19,21,23-24H2,1H3. The Kier molecular flexibility index (Phi) is 9.43. The third kappa shape index (κ3) is 7.00. The third-order valence-electron chi connectivity index (χ3n) is 8.92. The van der Waals surface area contributed by atoms with E-state index in [0.29, 0.717) is 25.2 Å². The molecule has 2 aromatic carbocycles. The van der Waals surface area contributed by atoms with Crippen LogP contribution in [-0.4, -0.2) is 73.7 Å². The van der Waals surface area contributed by atoms with E-state index in [2.05, 4.69) is 50.4 Å². The number of anilines is 1. The van der Waals surface area contributed by atoms with Gasteiger partial charge < -0.3 is 19.7 Å². The van der Waals surface area contributed by atoms with Crippen LogP contribution in [0.2, 0.25) is 0 Å². The lowest BCUT2D eigenvalue weighted by Crippen LogP contribution is -2.38. The molecule has 0 atom stereocenters. The Labute approximate surface area is 249 Å². The largest absolute Gasteiger partial charge is 0.496 e. The minimum atomic E-state index is 0.202. The molecule has 0 spiro atoms. The van der Waals surface area contributed by atoms with Crippen molar-refractivity contribution in [3.05, 3.63) is 71.2 Å². The van der Waals surface area contributed by atoms with Gasteiger partial charge in [0.25, 0.3) is 0 Å². The molecule has 42 heavy (non-hydrogen) atoms. The minimum Gasteiger partial charge on any atom is -0.496 e. The van der Waals surface area contributed by atoms with E-state index in [1.807, 2.05) is 18.3 Å². The number of hydrogen-bond acceptors (Lipinski definition) is 8. The van der Waals surface area contributed by atoms with E-state index < -0.39 is 0 Å². The highest BCUT2D eigenvalue weighted by Crippen LogP contribution is 2.29. The number of nitrogens with one attached hydrogen (secondary N) is 1. The van der Waals surface area contributed by atoms with Crippen molar-refractivity contribution in [1.29, 1.82) is 0 Å².